The minimum Gasteiger partial charge on any atom is -0.343 e. The third-order valence-electron chi connectivity index (χ3n) is 4.40. The average Bonchev–Trinajstić information content (AvgIpc) is 2.90. The van der Waals surface area contributed by atoms with E-state index in [2.05, 4.69) is 12.2 Å². The summed E-state index contributed by atoms with van der Waals surface area (Å²) in [5.41, 5.74) is 5.57. The summed E-state index contributed by atoms with van der Waals surface area (Å²) in [7, 11) is 0. The van der Waals surface area contributed by atoms with E-state index in [1.54, 1.807) is 0 Å². The molecule has 2 aliphatic rings. The van der Waals surface area contributed by atoms with E-state index in [-0.39, 0.29) is 11.9 Å². The van der Waals surface area contributed by atoms with Crippen molar-refractivity contribution in [3.05, 3.63) is 0 Å². The highest BCUT2D eigenvalue weighted by Crippen LogP contribution is 2.19. The van der Waals surface area contributed by atoms with Crippen molar-refractivity contribution < 1.29 is 9.59 Å². The molecule has 0 radical (unpaired) electrons. The first kappa shape index (κ1) is 15.1. The lowest BCUT2D eigenvalue weighted by atomic mass is 10.0. The predicted molar refractivity (Wildman–Crippen MR) is 77.2 cm³/mol. The number of amides is 3. The van der Waals surface area contributed by atoms with Crippen molar-refractivity contribution in [2.75, 3.05) is 32.7 Å². The van der Waals surface area contributed by atoms with Crippen molar-refractivity contribution in [2.45, 2.75) is 38.6 Å². The molecule has 20 heavy (non-hydrogen) atoms. The lowest BCUT2D eigenvalue weighted by Crippen LogP contribution is -2.47. The number of likely N-dealkylation sites (tertiary alicyclic amines) is 1. The van der Waals surface area contributed by atoms with E-state index < -0.39 is 0 Å². The van der Waals surface area contributed by atoms with Crippen LogP contribution in [0.2, 0.25) is 0 Å². The van der Waals surface area contributed by atoms with Crippen molar-refractivity contribution >= 4 is 11.9 Å². The normalized spacial score (nSPS) is 22.0. The Bertz CT molecular complexity index is 353. The highest BCUT2D eigenvalue weighted by atomic mass is 16.2. The van der Waals surface area contributed by atoms with Gasteiger partial charge in [-0.3, -0.25) is 4.79 Å². The summed E-state index contributed by atoms with van der Waals surface area (Å²) in [6.45, 7) is 5.79. The van der Waals surface area contributed by atoms with Crippen molar-refractivity contribution in [2.24, 2.45) is 11.7 Å². The highest BCUT2D eigenvalue weighted by Gasteiger charge is 2.31. The summed E-state index contributed by atoms with van der Waals surface area (Å²) >= 11 is 0. The first-order chi connectivity index (χ1) is 9.61. The molecule has 6 heteroatoms. The Morgan fingerprint density at radius 1 is 1.40 bits per heavy atom. The van der Waals surface area contributed by atoms with Gasteiger partial charge in [0.05, 0.1) is 0 Å². The van der Waals surface area contributed by atoms with Gasteiger partial charge in [-0.15, -0.1) is 0 Å². The van der Waals surface area contributed by atoms with Gasteiger partial charge in [-0.2, -0.15) is 0 Å². The van der Waals surface area contributed by atoms with Crippen molar-refractivity contribution in [3.8, 4) is 0 Å². The molecule has 2 heterocycles. The van der Waals surface area contributed by atoms with Gasteiger partial charge in [0.15, 0.2) is 0 Å². The Labute approximate surface area is 120 Å². The summed E-state index contributed by atoms with van der Waals surface area (Å²) in [4.78, 5) is 27.6. The molecule has 3 N–H and O–H groups in total. The van der Waals surface area contributed by atoms with Crippen LogP contribution < -0.4 is 11.1 Å². The molecule has 114 valence electrons. The number of hydrogen-bond donors (Lipinski definition) is 2. The molecule has 0 bridgehead atoms. The van der Waals surface area contributed by atoms with E-state index in [0.29, 0.717) is 24.9 Å². The van der Waals surface area contributed by atoms with Crippen LogP contribution >= 0.6 is 0 Å². The molecule has 2 aliphatic heterocycles. The average molecular weight is 282 g/mol. The van der Waals surface area contributed by atoms with Crippen LogP contribution in [0.15, 0.2) is 0 Å². The number of piperidine rings is 1. The van der Waals surface area contributed by atoms with Crippen LogP contribution in [-0.4, -0.2) is 60.5 Å². The van der Waals surface area contributed by atoms with Gasteiger partial charge in [0.25, 0.3) is 0 Å². The van der Waals surface area contributed by atoms with Gasteiger partial charge in [-0.05, 0) is 31.7 Å². The maximum atomic E-state index is 12.1. The molecular formula is C14H26N4O2. The zero-order chi connectivity index (χ0) is 14.5. The summed E-state index contributed by atoms with van der Waals surface area (Å²) < 4.78 is 0. The third-order valence-corrected chi connectivity index (χ3v) is 4.40. The fraction of sp³-hybridized carbons (Fsp3) is 0.857. The monoisotopic (exact) mass is 282 g/mol. The van der Waals surface area contributed by atoms with Crippen LogP contribution in [0.25, 0.3) is 0 Å². The van der Waals surface area contributed by atoms with Gasteiger partial charge in [0.1, 0.15) is 0 Å². The van der Waals surface area contributed by atoms with Crippen LogP contribution in [0.3, 0.4) is 0 Å². The first-order valence-electron chi connectivity index (χ1n) is 7.64. The minimum absolute atomic E-state index is 0.0477. The number of carbonyl (C=O) groups excluding carboxylic acids is 2. The molecular weight excluding hydrogens is 256 g/mol. The predicted octanol–water partition coefficient (Wildman–Crippen LogP) is 0.378. The molecule has 2 fully saturated rings. The topological polar surface area (TPSA) is 78.7 Å². The van der Waals surface area contributed by atoms with E-state index in [4.69, 9.17) is 5.73 Å². The van der Waals surface area contributed by atoms with Gasteiger partial charge >= 0.3 is 6.03 Å². The quantitative estimate of drug-likeness (QED) is 0.765. The smallest absolute Gasteiger partial charge is 0.317 e. The SMILES string of the molecule is CC(CN)CCC(=O)N1CCC(N2CCNC2=O)CC1. The van der Waals surface area contributed by atoms with Crippen molar-refractivity contribution in [1.29, 1.82) is 0 Å². The summed E-state index contributed by atoms with van der Waals surface area (Å²) in [6, 6.07) is 0.344. The van der Waals surface area contributed by atoms with Gasteiger partial charge < -0.3 is 20.9 Å². The molecule has 0 saturated carbocycles. The molecule has 1 unspecified atom stereocenters. The fourth-order valence-corrected chi connectivity index (χ4v) is 2.91. The number of nitrogens with two attached hydrogens (primary N) is 1. The van der Waals surface area contributed by atoms with E-state index in [0.717, 1.165) is 45.4 Å². The minimum atomic E-state index is 0.0477. The molecule has 1 atom stereocenters. The Morgan fingerprint density at radius 3 is 2.65 bits per heavy atom. The molecule has 2 rings (SSSR count). The largest absolute Gasteiger partial charge is 0.343 e. The van der Waals surface area contributed by atoms with Crippen LogP contribution in [-0.2, 0) is 4.79 Å². The molecule has 6 nitrogen and oxygen atoms in total. The third kappa shape index (κ3) is 3.62. The zero-order valence-electron chi connectivity index (χ0n) is 12.3. The maximum Gasteiger partial charge on any atom is 0.317 e. The molecule has 0 spiro atoms. The second-order valence-corrected chi connectivity index (χ2v) is 5.92. The number of rotatable bonds is 5. The molecule has 0 aromatic heterocycles. The Morgan fingerprint density at radius 2 is 2.10 bits per heavy atom. The number of hydrogen-bond acceptors (Lipinski definition) is 3. The lowest BCUT2D eigenvalue weighted by Gasteiger charge is -2.36. The van der Waals surface area contributed by atoms with E-state index in [9.17, 15) is 9.59 Å². The van der Waals surface area contributed by atoms with E-state index in [1.807, 2.05) is 9.80 Å². The van der Waals surface area contributed by atoms with Crippen LogP contribution in [0.1, 0.15) is 32.6 Å². The molecule has 3 amide bonds. The summed E-state index contributed by atoms with van der Waals surface area (Å²) in [6.07, 6.45) is 3.24. The van der Waals surface area contributed by atoms with Crippen LogP contribution in [0.4, 0.5) is 4.79 Å². The van der Waals surface area contributed by atoms with Gasteiger partial charge in [0.2, 0.25) is 5.91 Å². The van der Waals surface area contributed by atoms with Gasteiger partial charge in [0, 0.05) is 38.6 Å². The Hall–Kier alpha value is -1.30. The number of carbonyl (C=O) groups is 2. The fourth-order valence-electron chi connectivity index (χ4n) is 2.91. The van der Waals surface area contributed by atoms with Crippen LogP contribution in [0.5, 0.6) is 0 Å². The molecule has 0 aromatic rings. The van der Waals surface area contributed by atoms with E-state index in [1.165, 1.54) is 0 Å². The summed E-state index contributed by atoms with van der Waals surface area (Å²) in [5, 5.41) is 2.83. The number of nitrogens with one attached hydrogen (secondary N) is 1. The second kappa shape index (κ2) is 6.92. The van der Waals surface area contributed by atoms with Crippen LogP contribution in [0, 0.1) is 5.92 Å². The maximum absolute atomic E-state index is 12.1. The number of urea groups is 1. The van der Waals surface area contributed by atoms with Gasteiger partial charge in [-0.25, -0.2) is 4.79 Å². The zero-order valence-corrected chi connectivity index (χ0v) is 12.3. The standard InChI is InChI=1S/C14H26N4O2/c1-11(10-15)2-3-13(19)17-7-4-12(5-8-17)18-9-6-16-14(18)20/h11-12H,2-10,15H2,1H3,(H,16,20). The first-order valence-corrected chi connectivity index (χ1v) is 7.64. The molecule has 0 aliphatic carbocycles. The van der Waals surface area contributed by atoms with E-state index >= 15 is 0 Å². The highest BCUT2D eigenvalue weighted by molar-refractivity contribution is 5.77. The van der Waals surface area contributed by atoms with Gasteiger partial charge in [-0.1, -0.05) is 6.92 Å². The Balaban J connectivity index is 1.73. The second-order valence-electron chi connectivity index (χ2n) is 5.92. The molecule has 2 saturated heterocycles. The lowest BCUT2D eigenvalue weighted by molar-refractivity contribution is -0.132. The Kier molecular flexibility index (Phi) is 5.23. The van der Waals surface area contributed by atoms with Crippen molar-refractivity contribution in [3.63, 3.8) is 0 Å². The van der Waals surface area contributed by atoms with Crippen molar-refractivity contribution in [1.82, 2.24) is 15.1 Å². The number of nitrogens with zero attached hydrogens (tertiary/aromatic N) is 2. The molecule has 0 aromatic carbocycles. The summed E-state index contributed by atoms with van der Waals surface area (Å²) in [5.74, 6) is 0.638.